The molecule has 0 aliphatic heterocycles. The van der Waals surface area contributed by atoms with E-state index in [1.165, 1.54) is 0 Å². The number of aliphatic hydroxyl groups excluding tert-OH is 1. The molecule has 1 aliphatic rings. The van der Waals surface area contributed by atoms with Gasteiger partial charge in [-0.25, -0.2) is 0 Å². The summed E-state index contributed by atoms with van der Waals surface area (Å²) in [7, 11) is 1.73. The predicted octanol–water partition coefficient (Wildman–Crippen LogP) is 1.09. The minimum atomic E-state index is -0.734. The second kappa shape index (κ2) is 6.47. The van der Waals surface area contributed by atoms with Gasteiger partial charge in [-0.3, -0.25) is 4.79 Å². The second-order valence-corrected chi connectivity index (χ2v) is 5.71. The summed E-state index contributed by atoms with van der Waals surface area (Å²) in [5, 5.41) is 21.4. The van der Waals surface area contributed by atoms with E-state index in [0.29, 0.717) is 11.7 Å². The van der Waals surface area contributed by atoms with Gasteiger partial charge in [-0.15, -0.1) is 0 Å². The second-order valence-electron chi connectivity index (χ2n) is 4.30. The van der Waals surface area contributed by atoms with Gasteiger partial charge in [0, 0.05) is 11.9 Å². The van der Waals surface area contributed by atoms with Gasteiger partial charge in [0.2, 0.25) is 0 Å². The van der Waals surface area contributed by atoms with Crippen LogP contribution in [0.2, 0.25) is 0 Å². The molecule has 3 N–H and O–H groups in total. The number of thioether (sulfide) groups is 1. The lowest BCUT2D eigenvalue weighted by Crippen LogP contribution is -2.54. The molecule has 2 atom stereocenters. The number of hydrogen-bond acceptors (Lipinski definition) is 4. The largest absolute Gasteiger partial charge is 0.480 e. The van der Waals surface area contributed by atoms with Crippen LogP contribution < -0.4 is 5.32 Å². The molecular weight excluding hydrogens is 226 g/mol. The fourth-order valence-electron chi connectivity index (χ4n) is 2.21. The highest BCUT2D eigenvalue weighted by Gasteiger charge is 2.41. The number of carbonyl (C=O) groups is 1. The average Bonchev–Trinajstić information content (AvgIpc) is 2.29. The van der Waals surface area contributed by atoms with Crippen LogP contribution in [-0.2, 0) is 4.79 Å². The van der Waals surface area contributed by atoms with Crippen molar-refractivity contribution in [3.8, 4) is 0 Å². The molecule has 0 aromatic carbocycles. The van der Waals surface area contributed by atoms with Gasteiger partial charge in [-0.05, 0) is 44.9 Å². The van der Waals surface area contributed by atoms with Gasteiger partial charge >= 0.3 is 5.97 Å². The first-order valence-electron chi connectivity index (χ1n) is 5.79. The quantitative estimate of drug-likeness (QED) is 0.613. The Morgan fingerprint density at radius 2 is 2.38 bits per heavy atom. The number of rotatable bonds is 6. The van der Waals surface area contributed by atoms with Crippen LogP contribution in [0.15, 0.2) is 0 Å². The minimum absolute atomic E-state index is 0.218. The summed E-state index contributed by atoms with van der Waals surface area (Å²) in [4.78, 5) is 11.3. The maximum absolute atomic E-state index is 11.3. The Morgan fingerprint density at radius 1 is 1.62 bits per heavy atom. The zero-order valence-electron chi connectivity index (χ0n) is 9.74. The lowest BCUT2D eigenvalue weighted by atomic mass is 9.81. The first kappa shape index (κ1) is 13.8. The van der Waals surface area contributed by atoms with Crippen molar-refractivity contribution in [3.05, 3.63) is 0 Å². The highest BCUT2D eigenvalue weighted by molar-refractivity contribution is 7.99. The van der Waals surface area contributed by atoms with Gasteiger partial charge in [0.15, 0.2) is 0 Å². The number of carboxylic acids is 1. The van der Waals surface area contributed by atoms with Gasteiger partial charge in [0.05, 0.1) is 0 Å². The monoisotopic (exact) mass is 247 g/mol. The molecule has 0 radical (unpaired) electrons. The van der Waals surface area contributed by atoms with E-state index >= 15 is 0 Å². The van der Waals surface area contributed by atoms with E-state index < -0.39 is 11.5 Å². The topological polar surface area (TPSA) is 69.6 Å². The van der Waals surface area contributed by atoms with Crippen molar-refractivity contribution in [1.82, 2.24) is 5.32 Å². The van der Waals surface area contributed by atoms with E-state index in [1.807, 2.05) is 0 Å². The van der Waals surface area contributed by atoms with Crippen LogP contribution in [-0.4, -0.2) is 46.4 Å². The van der Waals surface area contributed by atoms with Crippen LogP contribution in [0.4, 0.5) is 0 Å². The Kier molecular flexibility index (Phi) is 5.58. The predicted molar refractivity (Wildman–Crippen MR) is 65.8 cm³/mol. The Morgan fingerprint density at radius 3 is 2.94 bits per heavy atom. The van der Waals surface area contributed by atoms with Gasteiger partial charge in [0.25, 0.3) is 0 Å². The van der Waals surface area contributed by atoms with Crippen LogP contribution in [0, 0.1) is 0 Å². The zero-order valence-corrected chi connectivity index (χ0v) is 10.6. The number of hydrogen-bond donors (Lipinski definition) is 3. The molecule has 16 heavy (non-hydrogen) atoms. The van der Waals surface area contributed by atoms with Crippen molar-refractivity contribution in [3.63, 3.8) is 0 Å². The molecule has 1 fully saturated rings. The summed E-state index contributed by atoms with van der Waals surface area (Å²) in [6.45, 7) is 0.218. The van der Waals surface area contributed by atoms with E-state index in [2.05, 4.69) is 5.32 Å². The molecule has 94 valence electrons. The average molecular weight is 247 g/mol. The van der Waals surface area contributed by atoms with E-state index in [9.17, 15) is 9.90 Å². The zero-order chi connectivity index (χ0) is 12.0. The first-order chi connectivity index (χ1) is 7.64. The molecule has 4 nitrogen and oxygen atoms in total. The fourth-order valence-corrected chi connectivity index (χ4v) is 3.57. The lowest BCUT2D eigenvalue weighted by Gasteiger charge is -2.37. The molecule has 1 saturated carbocycles. The van der Waals surface area contributed by atoms with Crippen LogP contribution in [0.1, 0.15) is 32.1 Å². The normalized spacial score (nSPS) is 30.2. The standard InChI is InChI=1S/C11H21NO3S/c1-12-11(10(14)15)5-2-4-9(8-11)16-7-3-6-13/h9,12-13H,2-8H2,1H3,(H,14,15). The molecule has 5 heteroatoms. The number of nitrogens with one attached hydrogen (secondary N) is 1. The third-order valence-corrected chi connectivity index (χ3v) is 4.65. The summed E-state index contributed by atoms with van der Waals surface area (Å²) >= 11 is 1.79. The first-order valence-corrected chi connectivity index (χ1v) is 6.84. The van der Waals surface area contributed by atoms with Gasteiger partial charge in [0.1, 0.15) is 5.54 Å². The summed E-state index contributed by atoms with van der Waals surface area (Å²) in [6, 6.07) is 0. The van der Waals surface area contributed by atoms with Crippen molar-refractivity contribution in [1.29, 1.82) is 0 Å². The lowest BCUT2D eigenvalue weighted by molar-refractivity contribution is -0.146. The molecule has 1 rings (SSSR count). The Labute approximate surface area is 101 Å². The molecule has 0 saturated heterocycles. The SMILES string of the molecule is CNC1(C(=O)O)CCCC(SCCCO)C1. The maximum atomic E-state index is 11.3. The highest BCUT2D eigenvalue weighted by atomic mass is 32.2. The van der Waals surface area contributed by atoms with Gasteiger partial charge in [-0.2, -0.15) is 11.8 Å². The Bertz CT molecular complexity index is 237. The third-order valence-electron chi connectivity index (χ3n) is 3.25. The molecular formula is C11H21NO3S. The van der Waals surface area contributed by atoms with E-state index in [-0.39, 0.29) is 6.61 Å². The van der Waals surface area contributed by atoms with Gasteiger partial charge in [-0.1, -0.05) is 0 Å². The number of carboxylic acid groups (broad SMARTS) is 1. The van der Waals surface area contributed by atoms with E-state index in [4.69, 9.17) is 5.11 Å². The summed E-state index contributed by atoms with van der Waals surface area (Å²) < 4.78 is 0. The molecule has 1 aliphatic carbocycles. The maximum Gasteiger partial charge on any atom is 0.323 e. The van der Waals surface area contributed by atoms with Crippen molar-refractivity contribution >= 4 is 17.7 Å². The molecule has 0 aromatic heterocycles. The van der Waals surface area contributed by atoms with Crippen LogP contribution in [0.3, 0.4) is 0 Å². The highest BCUT2D eigenvalue weighted by Crippen LogP contribution is 2.35. The van der Waals surface area contributed by atoms with Gasteiger partial charge < -0.3 is 15.5 Å². The third kappa shape index (κ3) is 3.37. The molecule has 0 bridgehead atoms. The summed E-state index contributed by atoms with van der Waals surface area (Å²) in [6.07, 6.45) is 4.25. The van der Waals surface area contributed by atoms with E-state index in [1.54, 1.807) is 18.8 Å². The number of likely N-dealkylation sites (N-methyl/N-ethyl adjacent to an activating group) is 1. The summed E-state index contributed by atoms with van der Waals surface area (Å²) in [5.41, 5.74) is -0.727. The molecule has 2 unspecified atom stereocenters. The molecule has 0 amide bonds. The molecule has 0 spiro atoms. The van der Waals surface area contributed by atoms with Crippen molar-refractivity contribution in [2.45, 2.75) is 42.9 Å². The minimum Gasteiger partial charge on any atom is -0.480 e. The van der Waals surface area contributed by atoms with E-state index in [0.717, 1.165) is 31.4 Å². The molecule has 0 heterocycles. The smallest absolute Gasteiger partial charge is 0.323 e. The number of aliphatic carboxylic acids is 1. The van der Waals surface area contributed by atoms with Crippen LogP contribution in [0.5, 0.6) is 0 Å². The van der Waals surface area contributed by atoms with Crippen molar-refractivity contribution < 1.29 is 15.0 Å². The number of aliphatic hydroxyl groups is 1. The Hall–Kier alpha value is -0.260. The molecule has 0 aromatic rings. The van der Waals surface area contributed by atoms with Crippen molar-refractivity contribution in [2.24, 2.45) is 0 Å². The fraction of sp³-hybridized carbons (Fsp3) is 0.909. The van der Waals surface area contributed by atoms with Crippen LogP contribution in [0.25, 0.3) is 0 Å². The Balaban J connectivity index is 2.48. The summed E-state index contributed by atoms with van der Waals surface area (Å²) in [5.74, 6) is 0.183. The van der Waals surface area contributed by atoms with Crippen LogP contribution >= 0.6 is 11.8 Å². The van der Waals surface area contributed by atoms with Crippen molar-refractivity contribution in [2.75, 3.05) is 19.4 Å².